The summed E-state index contributed by atoms with van der Waals surface area (Å²) in [5.41, 5.74) is 4.59. The summed E-state index contributed by atoms with van der Waals surface area (Å²) in [6.45, 7) is 0.158. The van der Waals surface area contributed by atoms with E-state index in [2.05, 4.69) is 0 Å². The molecule has 2 N–H and O–H groups in total. The fourth-order valence-corrected chi connectivity index (χ4v) is 2.59. The highest BCUT2D eigenvalue weighted by Gasteiger charge is 2.26. The van der Waals surface area contributed by atoms with Gasteiger partial charge in [-0.25, -0.2) is 0 Å². The number of hydrogen-bond donors (Lipinski definition) is 1. The zero-order chi connectivity index (χ0) is 13.3. The normalized spacial score (nSPS) is 16.9. The van der Waals surface area contributed by atoms with E-state index in [4.69, 9.17) is 5.73 Å². The highest BCUT2D eigenvalue weighted by molar-refractivity contribution is 5.78. The van der Waals surface area contributed by atoms with Crippen LogP contribution in [0.2, 0.25) is 0 Å². The van der Waals surface area contributed by atoms with E-state index in [9.17, 15) is 14.4 Å². The van der Waals surface area contributed by atoms with Crippen molar-refractivity contribution in [3.63, 3.8) is 0 Å². The number of amides is 1. The maximum atomic E-state index is 12.1. The number of nitrogens with zero attached hydrogens (tertiary/aromatic N) is 1. The van der Waals surface area contributed by atoms with Crippen LogP contribution in [0.15, 0.2) is 9.59 Å². The molecule has 2 rings (SSSR count). The molecule has 0 bridgehead atoms. The van der Waals surface area contributed by atoms with Gasteiger partial charge in [-0.05, 0) is 12.8 Å². The van der Waals surface area contributed by atoms with E-state index < -0.39 is 10.9 Å². The Morgan fingerprint density at radius 2 is 1.83 bits per heavy atom. The molecular formula is C13H18N2O3. The zero-order valence-corrected chi connectivity index (χ0v) is 10.6. The summed E-state index contributed by atoms with van der Waals surface area (Å²) in [4.78, 5) is 35.9. The lowest BCUT2D eigenvalue weighted by Crippen LogP contribution is -2.43. The third-order valence-electron chi connectivity index (χ3n) is 3.78. The number of hydrogen-bond acceptors (Lipinski definition) is 4. The van der Waals surface area contributed by atoms with E-state index in [1.54, 1.807) is 7.05 Å². The molecule has 0 aliphatic heterocycles. The lowest BCUT2D eigenvalue weighted by atomic mass is 9.88. The van der Waals surface area contributed by atoms with Crippen molar-refractivity contribution in [2.45, 2.75) is 38.6 Å². The number of carbonyl (C=O) groups excluding carboxylic acids is 1. The van der Waals surface area contributed by atoms with E-state index in [0.29, 0.717) is 0 Å². The number of anilines is 1. The summed E-state index contributed by atoms with van der Waals surface area (Å²) >= 11 is 0. The van der Waals surface area contributed by atoms with Crippen molar-refractivity contribution in [1.82, 2.24) is 4.90 Å². The van der Waals surface area contributed by atoms with Crippen LogP contribution in [-0.2, 0) is 11.3 Å². The van der Waals surface area contributed by atoms with Gasteiger partial charge in [-0.2, -0.15) is 0 Å². The summed E-state index contributed by atoms with van der Waals surface area (Å²) < 4.78 is 0. The molecule has 0 heterocycles. The van der Waals surface area contributed by atoms with Gasteiger partial charge in [0.2, 0.25) is 16.8 Å². The first-order valence-electron chi connectivity index (χ1n) is 6.35. The van der Waals surface area contributed by atoms with Crippen LogP contribution in [0.4, 0.5) is 5.69 Å². The Hall–Kier alpha value is -1.65. The predicted molar refractivity (Wildman–Crippen MR) is 68.8 cm³/mol. The summed E-state index contributed by atoms with van der Waals surface area (Å²) in [7, 11) is 1.66. The van der Waals surface area contributed by atoms with Gasteiger partial charge in [-0.15, -0.1) is 0 Å². The van der Waals surface area contributed by atoms with E-state index in [1.165, 1.54) is 11.3 Å². The van der Waals surface area contributed by atoms with Gasteiger partial charge in [0.1, 0.15) is 0 Å². The van der Waals surface area contributed by atoms with Gasteiger partial charge in [0, 0.05) is 13.0 Å². The minimum atomic E-state index is -0.622. The van der Waals surface area contributed by atoms with Crippen molar-refractivity contribution in [3.8, 4) is 0 Å². The average molecular weight is 250 g/mol. The number of nitrogens with two attached hydrogens (primary N) is 1. The Morgan fingerprint density at radius 1 is 1.22 bits per heavy atom. The van der Waals surface area contributed by atoms with Crippen LogP contribution in [-0.4, -0.2) is 17.9 Å². The molecule has 0 atom stereocenters. The molecule has 1 aliphatic rings. The van der Waals surface area contributed by atoms with Crippen LogP contribution in [0.5, 0.6) is 0 Å². The Kier molecular flexibility index (Phi) is 3.50. The highest BCUT2D eigenvalue weighted by atomic mass is 16.2. The Balaban J connectivity index is 1.99. The molecule has 5 heteroatoms. The average Bonchev–Trinajstić information content (AvgIpc) is 2.43. The molecule has 0 radical (unpaired) electrons. The van der Waals surface area contributed by atoms with Crippen molar-refractivity contribution < 1.29 is 4.79 Å². The van der Waals surface area contributed by atoms with Crippen molar-refractivity contribution in [1.29, 1.82) is 0 Å². The molecule has 0 unspecified atom stereocenters. The third kappa shape index (κ3) is 2.17. The first-order chi connectivity index (χ1) is 8.52. The molecule has 1 fully saturated rings. The summed E-state index contributed by atoms with van der Waals surface area (Å²) in [6, 6.07) is 0. The minimum Gasteiger partial charge on any atom is -0.395 e. The second-order valence-corrected chi connectivity index (χ2v) is 5.08. The standard InChI is InChI=1S/C13H18N2O3/c1-15(7-9-10(14)12(17)11(9)16)13(18)8-5-3-2-4-6-8/h8H,2-7,14H2,1H3. The van der Waals surface area contributed by atoms with Crippen molar-refractivity contribution in [3.05, 3.63) is 26.0 Å². The molecule has 0 aromatic heterocycles. The molecule has 0 saturated heterocycles. The maximum Gasteiger partial charge on any atom is 0.249 e. The molecule has 1 saturated carbocycles. The summed E-state index contributed by atoms with van der Waals surface area (Å²) in [5.74, 6) is 0.124. The molecule has 18 heavy (non-hydrogen) atoms. The lowest BCUT2D eigenvalue weighted by molar-refractivity contribution is -0.135. The van der Waals surface area contributed by atoms with Crippen LogP contribution in [0.1, 0.15) is 37.7 Å². The molecule has 1 amide bonds. The van der Waals surface area contributed by atoms with Gasteiger partial charge >= 0.3 is 0 Å². The van der Waals surface area contributed by atoms with Gasteiger partial charge in [0.15, 0.2) is 0 Å². The number of carbonyl (C=O) groups is 1. The quantitative estimate of drug-likeness (QED) is 0.787. The van der Waals surface area contributed by atoms with Crippen LogP contribution >= 0.6 is 0 Å². The fourth-order valence-electron chi connectivity index (χ4n) is 2.59. The van der Waals surface area contributed by atoms with Crippen LogP contribution in [0.3, 0.4) is 0 Å². The van der Waals surface area contributed by atoms with Gasteiger partial charge in [-0.1, -0.05) is 19.3 Å². The largest absolute Gasteiger partial charge is 0.395 e. The molecule has 1 aromatic carbocycles. The topological polar surface area (TPSA) is 80.5 Å². The number of nitrogen functional groups attached to an aromatic ring is 1. The lowest BCUT2D eigenvalue weighted by Gasteiger charge is -2.26. The first-order valence-corrected chi connectivity index (χ1v) is 6.35. The monoisotopic (exact) mass is 250 g/mol. The minimum absolute atomic E-state index is 0.0169. The Bertz CT molecular complexity index is 522. The van der Waals surface area contributed by atoms with E-state index in [-0.39, 0.29) is 29.6 Å². The third-order valence-corrected chi connectivity index (χ3v) is 3.78. The molecule has 0 spiro atoms. The smallest absolute Gasteiger partial charge is 0.249 e. The van der Waals surface area contributed by atoms with E-state index in [1.807, 2.05) is 0 Å². The van der Waals surface area contributed by atoms with Crippen LogP contribution in [0, 0.1) is 5.92 Å². The van der Waals surface area contributed by atoms with Crippen molar-refractivity contribution in [2.75, 3.05) is 12.8 Å². The van der Waals surface area contributed by atoms with E-state index >= 15 is 0 Å². The number of rotatable bonds is 3. The maximum absolute atomic E-state index is 12.1. The van der Waals surface area contributed by atoms with Gasteiger partial charge in [0.05, 0.1) is 17.8 Å². The van der Waals surface area contributed by atoms with Crippen molar-refractivity contribution in [2.24, 2.45) is 5.92 Å². The predicted octanol–water partition coefficient (Wildman–Crippen LogP) is 0.403. The first kappa shape index (κ1) is 12.8. The molecular weight excluding hydrogens is 232 g/mol. The fraction of sp³-hybridized carbons (Fsp3) is 0.615. The summed E-state index contributed by atoms with van der Waals surface area (Å²) in [6.07, 6.45) is 5.22. The van der Waals surface area contributed by atoms with E-state index in [0.717, 1.165) is 25.7 Å². The highest BCUT2D eigenvalue weighted by Crippen LogP contribution is 2.25. The summed E-state index contributed by atoms with van der Waals surface area (Å²) in [5, 5.41) is 0. The van der Waals surface area contributed by atoms with Crippen LogP contribution in [0.25, 0.3) is 0 Å². The van der Waals surface area contributed by atoms with Gasteiger partial charge in [-0.3, -0.25) is 14.4 Å². The van der Waals surface area contributed by atoms with Crippen molar-refractivity contribution >= 4 is 11.6 Å². The van der Waals surface area contributed by atoms with Crippen LogP contribution < -0.4 is 16.6 Å². The van der Waals surface area contributed by atoms with Gasteiger partial charge in [0.25, 0.3) is 0 Å². The molecule has 98 valence electrons. The Morgan fingerprint density at radius 3 is 2.39 bits per heavy atom. The Labute approximate surface area is 105 Å². The van der Waals surface area contributed by atoms with Gasteiger partial charge < -0.3 is 10.6 Å². The molecule has 1 aliphatic carbocycles. The molecule has 5 nitrogen and oxygen atoms in total. The second kappa shape index (κ2) is 4.92. The second-order valence-electron chi connectivity index (χ2n) is 5.08. The SMILES string of the molecule is CN(Cc1c(N)c(=O)c1=O)C(=O)C1CCCCC1. The zero-order valence-electron chi connectivity index (χ0n) is 10.6. The molecule has 1 aromatic rings.